The zero-order valence-corrected chi connectivity index (χ0v) is 8.75. The molecule has 0 aromatic rings. The highest BCUT2D eigenvalue weighted by Gasteiger charge is 2.29. The molecule has 2 aliphatic rings. The molecule has 0 atom stereocenters. The zero-order chi connectivity index (χ0) is 9.97. The number of amides is 2. The Balaban J connectivity index is 1.80. The SMILES string of the molecule is CCN(C(=O)NC1CCC1)C1CNC1. The normalized spacial score (nSPS) is 22.4. The molecule has 2 N–H and O–H groups in total. The molecule has 0 unspecified atom stereocenters. The topological polar surface area (TPSA) is 44.4 Å². The van der Waals surface area contributed by atoms with Crippen molar-refractivity contribution in [2.24, 2.45) is 0 Å². The first-order valence-electron chi connectivity index (χ1n) is 5.59. The van der Waals surface area contributed by atoms with E-state index in [2.05, 4.69) is 10.6 Å². The van der Waals surface area contributed by atoms with Crippen LogP contribution < -0.4 is 10.6 Å². The Morgan fingerprint density at radius 1 is 1.50 bits per heavy atom. The number of carbonyl (C=O) groups excluding carboxylic acids is 1. The summed E-state index contributed by atoms with van der Waals surface area (Å²) in [5, 5.41) is 6.27. The summed E-state index contributed by atoms with van der Waals surface area (Å²) < 4.78 is 0. The van der Waals surface area contributed by atoms with Gasteiger partial charge in [-0.15, -0.1) is 0 Å². The predicted molar refractivity (Wildman–Crippen MR) is 55.2 cm³/mol. The minimum atomic E-state index is 0.128. The fourth-order valence-corrected chi connectivity index (χ4v) is 1.87. The molecule has 1 saturated carbocycles. The van der Waals surface area contributed by atoms with Crippen molar-refractivity contribution in [3.8, 4) is 0 Å². The summed E-state index contributed by atoms with van der Waals surface area (Å²) in [6, 6.07) is 0.994. The maximum absolute atomic E-state index is 11.8. The Labute approximate surface area is 85.0 Å². The third-order valence-corrected chi connectivity index (χ3v) is 3.24. The number of nitrogens with zero attached hydrogens (tertiary/aromatic N) is 1. The van der Waals surface area contributed by atoms with E-state index in [-0.39, 0.29) is 6.03 Å². The van der Waals surface area contributed by atoms with Gasteiger partial charge in [0.05, 0.1) is 6.04 Å². The van der Waals surface area contributed by atoms with Crippen LogP contribution in [-0.2, 0) is 0 Å². The summed E-state index contributed by atoms with van der Waals surface area (Å²) in [6.07, 6.45) is 3.58. The van der Waals surface area contributed by atoms with Crippen LogP contribution in [0.5, 0.6) is 0 Å². The van der Waals surface area contributed by atoms with E-state index < -0.39 is 0 Å². The van der Waals surface area contributed by atoms with Crippen molar-refractivity contribution in [1.82, 2.24) is 15.5 Å². The van der Waals surface area contributed by atoms with E-state index >= 15 is 0 Å². The Bertz CT molecular complexity index is 211. The van der Waals surface area contributed by atoms with Crippen molar-refractivity contribution in [1.29, 1.82) is 0 Å². The zero-order valence-electron chi connectivity index (χ0n) is 8.75. The van der Waals surface area contributed by atoms with E-state index in [1.807, 2.05) is 11.8 Å². The summed E-state index contributed by atoms with van der Waals surface area (Å²) in [5.41, 5.74) is 0. The van der Waals surface area contributed by atoms with Gasteiger partial charge in [-0.2, -0.15) is 0 Å². The number of carbonyl (C=O) groups is 1. The molecule has 0 aromatic heterocycles. The minimum absolute atomic E-state index is 0.128. The van der Waals surface area contributed by atoms with Crippen LogP contribution in [0.1, 0.15) is 26.2 Å². The highest BCUT2D eigenvalue weighted by molar-refractivity contribution is 5.75. The number of nitrogens with one attached hydrogen (secondary N) is 2. The quantitative estimate of drug-likeness (QED) is 0.693. The largest absolute Gasteiger partial charge is 0.335 e. The summed E-state index contributed by atoms with van der Waals surface area (Å²) in [6.45, 7) is 4.75. The van der Waals surface area contributed by atoms with Gasteiger partial charge >= 0.3 is 6.03 Å². The van der Waals surface area contributed by atoms with Crippen molar-refractivity contribution in [3.05, 3.63) is 0 Å². The average Bonchev–Trinajstić information content (AvgIpc) is 2.03. The second-order valence-electron chi connectivity index (χ2n) is 4.18. The number of rotatable bonds is 3. The molecule has 1 aliphatic heterocycles. The molecule has 4 heteroatoms. The summed E-state index contributed by atoms with van der Waals surface area (Å²) in [4.78, 5) is 13.7. The molecule has 0 radical (unpaired) electrons. The van der Waals surface area contributed by atoms with Crippen LogP contribution in [0.3, 0.4) is 0 Å². The molecule has 2 amide bonds. The van der Waals surface area contributed by atoms with Crippen LogP contribution in [-0.4, -0.2) is 42.6 Å². The molecule has 1 saturated heterocycles. The van der Waals surface area contributed by atoms with Crippen LogP contribution in [0.15, 0.2) is 0 Å². The molecule has 2 fully saturated rings. The Kier molecular flexibility index (Phi) is 2.91. The Hall–Kier alpha value is -0.770. The maximum atomic E-state index is 11.8. The van der Waals surface area contributed by atoms with E-state index in [4.69, 9.17) is 0 Å². The molecule has 2 rings (SSSR count). The van der Waals surface area contributed by atoms with Gasteiger partial charge in [0.1, 0.15) is 0 Å². The lowest BCUT2D eigenvalue weighted by Crippen LogP contribution is -2.61. The Morgan fingerprint density at radius 3 is 2.57 bits per heavy atom. The van der Waals surface area contributed by atoms with E-state index in [1.54, 1.807) is 0 Å². The second kappa shape index (κ2) is 4.17. The van der Waals surface area contributed by atoms with Gasteiger partial charge in [0, 0.05) is 25.7 Å². The van der Waals surface area contributed by atoms with Crippen molar-refractivity contribution in [2.75, 3.05) is 19.6 Å². The lowest BCUT2D eigenvalue weighted by Gasteiger charge is -2.39. The van der Waals surface area contributed by atoms with Crippen LogP contribution in [0.4, 0.5) is 4.79 Å². The van der Waals surface area contributed by atoms with Gasteiger partial charge in [-0.1, -0.05) is 0 Å². The van der Waals surface area contributed by atoms with Crippen LogP contribution in [0.25, 0.3) is 0 Å². The van der Waals surface area contributed by atoms with Gasteiger partial charge in [0.15, 0.2) is 0 Å². The number of hydrogen-bond acceptors (Lipinski definition) is 2. The summed E-state index contributed by atoms with van der Waals surface area (Å²) in [5.74, 6) is 0. The smallest absolute Gasteiger partial charge is 0.317 e. The summed E-state index contributed by atoms with van der Waals surface area (Å²) >= 11 is 0. The fraction of sp³-hybridized carbons (Fsp3) is 0.900. The third kappa shape index (κ3) is 1.85. The first kappa shape index (κ1) is 9.77. The molecule has 0 aromatic carbocycles. The van der Waals surface area contributed by atoms with E-state index in [0.29, 0.717) is 12.1 Å². The standard InChI is InChI=1S/C10H19N3O/c1-2-13(9-6-11-7-9)10(14)12-8-4-3-5-8/h8-9,11H,2-7H2,1H3,(H,12,14). The Morgan fingerprint density at radius 2 is 2.21 bits per heavy atom. The van der Waals surface area contributed by atoms with E-state index in [9.17, 15) is 4.79 Å². The molecular weight excluding hydrogens is 178 g/mol. The van der Waals surface area contributed by atoms with Crippen molar-refractivity contribution in [3.63, 3.8) is 0 Å². The first-order chi connectivity index (χ1) is 6.81. The number of hydrogen-bond donors (Lipinski definition) is 2. The van der Waals surface area contributed by atoms with Crippen LogP contribution in [0.2, 0.25) is 0 Å². The minimum Gasteiger partial charge on any atom is -0.335 e. The third-order valence-electron chi connectivity index (χ3n) is 3.24. The molecular formula is C10H19N3O. The van der Waals surface area contributed by atoms with Gasteiger partial charge in [-0.3, -0.25) is 0 Å². The molecule has 0 bridgehead atoms. The van der Waals surface area contributed by atoms with E-state index in [0.717, 1.165) is 32.5 Å². The van der Waals surface area contributed by atoms with Crippen molar-refractivity contribution in [2.45, 2.75) is 38.3 Å². The van der Waals surface area contributed by atoms with Gasteiger partial charge in [-0.05, 0) is 26.2 Å². The van der Waals surface area contributed by atoms with E-state index in [1.165, 1.54) is 6.42 Å². The molecule has 14 heavy (non-hydrogen) atoms. The molecule has 1 heterocycles. The average molecular weight is 197 g/mol. The predicted octanol–water partition coefficient (Wildman–Crippen LogP) is 0.542. The fourth-order valence-electron chi connectivity index (χ4n) is 1.87. The second-order valence-corrected chi connectivity index (χ2v) is 4.18. The van der Waals surface area contributed by atoms with Crippen molar-refractivity contribution >= 4 is 6.03 Å². The first-order valence-corrected chi connectivity index (χ1v) is 5.59. The van der Waals surface area contributed by atoms with Gasteiger partial charge in [-0.25, -0.2) is 4.79 Å². The van der Waals surface area contributed by atoms with Crippen molar-refractivity contribution < 1.29 is 4.79 Å². The lowest BCUT2D eigenvalue weighted by molar-refractivity contribution is 0.146. The van der Waals surface area contributed by atoms with Crippen LogP contribution in [0, 0.1) is 0 Å². The highest BCUT2D eigenvalue weighted by atomic mass is 16.2. The molecule has 80 valence electrons. The lowest BCUT2D eigenvalue weighted by atomic mass is 9.93. The highest BCUT2D eigenvalue weighted by Crippen LogP contribution is 2.18. The number of urea groups is 1. The molecule has 0 spiro atoms. The van der Waals surface area contributed by atoms with Crippen LogP contribution >= 0.6 is 0 Å². The van der Waals surface area contributed by atoms with Gasteiger partial charge in [0.25, 0.3) is 0 Å². The van der Waals surface area contributed by atoms with Gasteiger partial charge in [0.2, 0.25) is 0 Å². The molecule has 4 nitrogen and oxygen atoms in total. The molecule has 1 aliphatic carbocycles. The maximum Gasteiger partial charge on any atom is 0.317 e. The monoisotopic (exact) mass is 197 g/mol. The summed E-state index contributed by atoms with van der Waals surface area (Å²) in [7, 11) is 0. The van der Waals surface area contributed by atoms with Gasteiger partial charge < -0.3 is 15.5 Å². The number of likely N-dealkylation sites (N-methyl/N-ethyl adjacent to an activating group) is 1.